The van der Waals surface area contributed by atoms with Crippen LogP contribution in [0.2, 0.25) is 0 Å². The van der Waals surface area contributed by atoms with E-state index in [1.54, 1.807) is 6.92 Å². The average molecular weight is 280 g/mol. The summed E-state index contributed by atoms with van der Waals surface area (Å²) in [6.07, 6.45) is 0. The zero-order chi connectivity index (χ0) is 14.7. The predicted molar refractivity (Wildman–Crippen MR) is 67.3 cm³/mol. The number of benzene rings is 2. The van der Waals surface area contributed by atoms with Crippen LogP contribution in [0, 0.1) is 24.4 Å². The van der Waals surface area contributed by atoms with Crippen LogP contribution in [0.1, 0.15) is 15.9 Å². The van der Waals surface area contributed by atoms with Crippen molar-refractivity contribution < 1.29 is 22.7 Å². The lowest BCUT2D eigenvalue weighted by Crippen LogP contribution is -2.15. The van der Waals surface area contributed by atoms with E-state index in [1.807, 2.05) is 0 Å². The Balaban J connectivity index is 2.13. The molecule has 0 unspecified atom stereocenters. The van der Waals surface area contributed by atoms with Crippen molar-refractivity contribution in [2.75, 3.05) is 6.61 Å². The topological polar surface area (TPSA) is 26.3 Å². The normalized spacial score (nSPS) is 10.4. The number of carbonyl (C=O) groups excluding carboxylic acids is 1. The van der Waals surface area contributed by atoms with Crippen molar-refractivity contribution in [1.29, 1.82) is 0 Å². The van der Waals surface area contributed by atoms with Crippen LogP contribution in [0.15, 0.2) is 36.4 Å². The molecule has 2 aromatic rings. The Kier molecular flexibility index (Phi) is 4.08. The number of rotatable bonds is 4. The minimum absolute atomic E-state index is 0.288. The number of hydrogen-bond acceptors (Lipinski definition) is 2. The summed E-state index contributed by atoms with van der Waals surface area (Å²) >= 11 is 0. The Morgan fingerprint density at radius 2 is 1.75 bits per heavy atom. The largest absolute Gasteiger partial charge is 0.485 e. The van der Waals surface area contributed by atoms with Crippen LogP contribution in [0.5, 0.6) is 5.75 Å². The van der Waals surface area contributed by atoms with E-state index in [1.165, 1.54) is 24.3 Å². The monoisotopic (exact) mass is 280 g/mol. The van der Waals surface area contributed by atoms with E-state index >= 15 is 0 Å². The van der Waals surface area contributed by atoms with E-state index in [4.69, 9.17) is 4.74 Å². The second-order valence-corrected chi connectivity index (χ2v) is 4.22. The van der Waals surface area contributed by atoms with Gasteiger partial charge in [0.2, 0.25) is 5.78 Å². The lowest BCUT2D eigenvalue weighted by molar-refractivity contribution is 0.0912. The molecule has 20 heavy (non-hydrogen) atoms. The molecule has 0 N–H and O–H groups in total. The number of hydrogen-bond donors (Lipinski definition) is 0. The van der Waals surface area contributed by atoms with Crippen LogP contribution in [0.25, 0.3) is 0 Å². The van der Waals surface area contributed by atoms with E-state index in [0.29, 0.717) is 5.56 Å². The summed E-state index contributed by atoms with van der Waals surface area (Å²) in [5, 5.41) is 0. The lowest BCUT2D eigenvalue weighted by Gasteiger charge is -2.09. The van der Waals surface area contributed by atoms with Gasteiger partial charge < -0.3 is 4.74 Å². The smallest absolute Gasteiger partial charge is 0.206 e. The Hall–Kier alpha value is -2.30. The van der Waals surface area contributed by atoms with E-state index in [9.17, 15) is 18.0 Å². The number of Topliss-reactive ketones (excluding diaryl/α,β-unsaturated/α-hetero) is 1. The molecule has 104 valence electrons. The first-order valence-corrected chi connectivity index (χ1v) is 5.85. The molecule has 5 heteroatoms. The molecule has 0 aliphatic heterocycles. The Morgan fingerprint density at radius 1 is 1.10 bits per heavy atom. The molecular formula is C15H11F3O2. The molecule has 0 aliphatic rings. The fourth-order valence-electron chi connectivity index (χ4n) is 1.75. The van der Waals surface area contributed by atoms with E-state index < -0.39 is 35.4 Å². The van der Waals surface area contributed by atoms with Gasteiger partial charge in [0.25, 0.3) is 0 Å². The molecule has 0 fully saturated rings. The fourth-order valence-corrected chi connectivity index (χ4v) is 1.75. The quantitative estimate of drug-likeness (QED) is 0.799. The minimum atomic E-state index is -0.936. The summed E-state index contributed by atoms with van der Waals surface area (Å²) in [7, 11) is 0. The van der Waals surface area contributed by atoms with Crippen LogP contribution in [0.4, 0.5) is 13.2 Å². The maximum atomic E-state index is 13.4. The molecule has 0 bridgehead atoms. The standard InChI is InChI=1S/C15H11F3O2/c1-9-7-10(16)5-6-14(9)20-8-13(19)15-11(17)3-2-4-12(15)18/h2-7H,8H2,1H3. The summed E-state index contributed by atoms with van der Waals surface area (Å²) in [6, 6.07) is 6.95. The molecule has 0 spiro atoms. The van der Waals surface area contributed by atoms with Gasteiger partial charge in [-0.2, -0.15) is 0 Å². The Bertz CT molecular complexity index is 633. The summed E-state index contributed by atoms with van der Waals surface area (Å²) in [5.74, 6) is -2.83. The summed E-state index contributed by atoms with van der Waals surface area (Å²) in [5.41, 5.74) is -0.140. The average Bonchev–Trinajstić information content (AvgIpc) is 2.37. The molecular weight excluding hydrogens is 269 g/mol. The second-order valence-electron chi connectivity index (χ2n) is 4.22. The van der Waals surface area contributed by atoms with Gasteiger partial charge in [-0.05, 0) is 42.8 Å². The zero-order valence-corrected chi connectivity index (χ0v) is 10.6. The molecule has 0 aromatic heterocycles. The number of ether oxygens (including phenoxy) is 1. The molecule has 0 atom stereocenters. The van der Waals surface area contributed by atoms with Crippen molar-refractivity contribution in [3.8, 4) is 5.75 Å². The Morgan fingerprint density at radius 3 is 2.35 bits per heavy atom. The molecule has 0 heterocycles. The minimum Gasteiger partial charge on any atom is -0.485 e. The molecule has 2 aromatic carbocycles. The highest BCUT2D eigenvalue weighted by molar-refractivity contribution is 5.97. The molecule has 0 amide bonds. The first-order chi connectivity index (χ1) is 9.49. The third-order valence-electron chi connectivity index (χ3n) is 2.74. The third kappa shape index (κ3) is 2.99. The van der Waals surface area contributed by atoms with Gasteiger partial charge in [-0.25, -0.2) is 13.2 Å². The summed E-state index contributed by atoms with van der Waals surface area (Å²) < 4.78 is 44.8. The van der Waals surface area contributed by atoms with Gasteiger partial charge in [0.05, 0.1) is 5.56 Å². The number of aryl methyl sites for hydroxylation is 1. The first kappa shape index (κ1) is 14.1. The summed E-state index contributed by atoms with van der Waals surface area (Å²) in [4.78, 5) is 11.8. The molecule has 0 saturated carbocycles. The number of ketones is 1. The number of halogens is 3. The van der Waals surface area contributed by atoms with Crippen LogP contribution in [-0.2, 0) is 0 Å². The maximum absolute atomic E-state index is 13.4. The van der Waals surface area contributed by atoms with Crippen molar-refractivity contribution in [3.63, 3.8) is 0 Å². The fraction of sp³-hybridized carbons (Fsp3) is 0.133. The van der Waals surface area contributed by atoms with Gasteiger partial charge in [-0.15, -0.1) is 0 Å². The molecule has 0 radical (unpaired) electrons. The third-order valence-corrected chi connectivity index (χ3v) is 2.74. The van der Waals surface area contributed by atoms with E-state index in [2.05, 4.69) is 0 Å². The van der Waals surface area contributed by atoms with Gasteiger partial charge in [0.1, 0.15) is 23.2 Å². The van der Waals surface area contributed by atoms with E-state index in [-0.39, 0.29) is 5.75 Å². The van der Waals surface area contributed by atoms with Crippen LogP contribution in [0.3, 0.4) is 0 Å². The van der Waals surface area contributed by atoms with Crippen molar-refractivity contribution in [1.82, 2.24) is 0 Å². The van der Waals surface area contributed by atoms with Gasteiger partial charge >= 0.3 is 0 Å². The van der Waals surface area contributed by atoms with Crippen molar-refractivity contribution in [2.24, 2.45) is 0 Å². The van der Waals surface area contributed by atoms with Gasteiger partial charge in [0.15, 0.2) is 6.61 Å². The Labute approximate surface area is 113 Å². The molecule has 0 saturated heterocycles. The highest BCUT2D eigenvalue weighted by Gasteiger charge is 2.17. The lowest BCUT2D eigenvalue weighted by atomic mass is 10.1. The van der Waals surface area contributed by atoms with Gasteiger partial charge in [0, 0.05) is 0 Å². The predicted octanol–water partition coefficient (Wildman–Crippen LogP) is 3.67. The van der Waals surface area contributed by atoms with Crippen molar-refractivity contribution in [3.05, 3.63) is 65.0 Å². The molecule has 0 aliphatic carbocycles. The highest BCUT2D eigenvalue weighted by Crippen LogP contribution is 2.19. The summed E-state index contributed by atoms with van der Waals surface area (Å²) in [6.45, 7) is 1.08. The van der Waals surface area contributed by atoms with Crippen LogP contribution >= 0.6 is 0 Å². The highest BCUT2D eigenvalue weighted by atomic mass is 19.1. The first-order valence-electron chi connectivity index (χ1n) is 5.85. The zero-order valence-electron chi connectivity index (χ0n) is 10.6. The van der Waals surface area contributed by atoms with Crippen LogP contribution in [-0.4, -0.2) is 12.4 Å². The SMILES string of the molecule is Cc1cc(F)ccc1OCC(=O)c1c(F)cccc1F. The van der Waals surface area contributed by atoms with Crippen molar-refractivity contribution >= 4 is 5.78 Å². The van der Waals surface area contributed by atoms with E-state index in [0.717, 1.165) is 12.1 Å². The second kappa shape index (κ2) is 5.77. The van der Waals surface area contributed by atoms with Gasteiger partial charge in [-0.3, -0.25) is 4.79 Å². The molecule has 2 nitrogen and oxygen atoms in total. The number of carbonyl (C=O) groups is 1. The van der Waals surface area contributed by atoms with Crippen molar-refractivity contribution in [2.45, 2.75) is 6.92 Å². The maximum Gasteiger partial charge on any atom is 0.206 e. The van der Waals surface area contributed by atoms with Gasteiger partial charge in [-0.1, -0.05) is 6.07 Å². The van der Waals surface area contributed by atoms with Crippen LogP contribution < -0.4 is 4.74 Å². The molecule has 2 rings (SSSR count).